The Balaban J connectivity index is 2.00. The fourth-order valence-electron chi connectivity index (χ4n) is 3.38. The lowest BCUT2D eigenvalue weighted by atomic mass is 9.87. The predicted molar refractivity (Wildman–Crippen MR) is 89.3 cm³/mol. The van der Waals surface area contributed by atoms with Crippen molar-refractivity contribution < 1.29 is 17.9 Å². The first-order valence-corrected chi connectivity index (χ1v) is 8.56. The lowest BCUT2D eigenvalue weighted by Gasteiger charge is -2.21. The van der Waals surface area contributed by atoms with Crippen molar-refractivity contribution >= 4 is 0 Å². The molecule has 0 bridgehead atoms. The van der Waals surface area contributed by atoms with Gasteiger partial charge in [0.25, 0.3) is 0 Å². The zero-order valence-corrected chi connectivity index (χ0v) is 14.1. The number of hydrogen-bond acceptors (Lipinski definition) is 3. The predicted octanol–water partition coefficient (Wildman–Crippen LogP) is 5.29. The molecular weight excluding hydrogens is 329 g/mol. The van der Waals surface area contributed by atoms with Crippen molar-refractivity contribution in [1.82, 2.24) is 9.97 Å². The van der Waals surface area contributed by atoms with Crippen molar-refractivity contribution in [1.29, 1.82) is 0 Å². The van der Waals surface area contributed by atoms with Gasteiger partial charge in [-0.15, -0.1) is 0 Å². The van der Waals surface area contributed by atoms with Crippen molar-refractivity contribution in [2.75, 3.05) is 7.11 Å². The minimum atomic E-state index is -4.50. The summed E-state index contributed by atoms with van der Waals surface area (Å²) in [5, 5.41) is 0. The SMILES string of the molecule is COc1ccccc1-c1cc(C(F)(F)F)nc(CC2CCCCC2)n1. The molecule has 0 radical (unpaired) electrons. The van der Waals surface area contributed by atoms with Crippen LogP contribution in [-0.2, 0) is 12.6 Å². The molecule has 1 heterocycles. The van der Waals surface area contributed by atoms with Crippen LogP contribution in [0.15, 0.2) is 30.3 Å². The van der Waals surface area contributed by atoms with Crippen LogP contribution in [0.2, 0.25) is 0 Å². The molecule has 0 aliphatic heterocycles. The molecule has 3 nitrogen and oxygen atoms in total. The van der Waals surface area contributed by atoms with Gasteiger partial charge in [-0.1, -0.05) is 44.2 Å². The second-order valence-electron chi connectivity index (χ2n) is 6.46. The Kier molecular flexibility index (Phi) is 5.25. The zero-order valence-electron chi connectivity index (χ0n) is 14.1. The first kappa shape index (κ1) is 17.7. The van der Waals surface area contributed by atoms with Crippen molar-refractivity contribution in [3.05, 3.63) is 41.9 Å². The summed E-state index contributed by atoms with van der Waals surface area (Å²) >= 11 is 0. The summed E-state index contributed by atoms with van der Waals surface area (Å²) in [6.45, 7) is 0. The number of aromatic nitrogens is 2. The van der Waals surface area contributed by atoms with Crippen molar-refractivity contribution in [2.45, 2.75) is 44.7 Å². The molecule has 1 aliphatic rings. The topological polar surface area (TPSA) is 35.0 Å². The van der Waals surface area contributed by atoms with Gasteiger partial charge >= 0.3 is 6.18 Å². The summed E-state index contributed by atoms with van der Waals surface area (Å²) < 4.78 is 45.2. The third-order valence-electron chi connectivity index (χ3n) is 4.64. The van der Waals surface area contributed by atoms with Gasteiger partial charge in [0.2, 0.25) is 0 Å². The molecule has 134 valence electrons. The van der Waals surface area contributed by atoms with Crippen LogP contribution in [0.1, 0.15) is 43.6 Å². The minimum Gasteiger partial charge on any atom is -0.496 e. The molecular formula is C19H21F3N2O. The van der Waals surface area contributed by atoms with Crippen molar-refractivity contribution in [3.8, 4) is 17.0 Å². The third kappa shape index (κ3) is 4.30. The average molecular weight is 350 g/mol. The number of rotatable bonds is 4. The van der Waals surface area contributed by atoms with Crippen LogP contribution < -0.4 is 4.74 Å². The summed E-state index contributed by atoms with van der Waals surface area (Å²) in [7, 11) is 1.49. The minimum absolute atomic E-state index is 0.255. The second kappa shape index (κ2) is 7.42. The monoisotopic (exact) mass is 350 g/mol. The third-order valence-corrected chi connectivity index (χ3v) is 4.64. The maximum absolute atomic E-state index is 13.3. The number of hydrogen-bond donors (Lipinski definition) is 0. The molecule has 1 aromatic carbocycles. The Morgan fingerprint density at radius 1 is 1.08 bits per heavy atom. The van der Waals surface area contributed by atoms with E-state index in [-0.39, 0.29) is 11.5 Å². The normalized spacial score (nSPS) is 16.0. The fraction of sp³-hybridized carbons (Fsp3) is 0.474. The highest BCUT2D eigenvalue weighted by Gasteiger charge is 2.34. The van der Waals surface area contributed by atoms with Crippen LogP contribution >= 0.6 is 0 Å². The Hall–Kier alpha value is -2.11. The van der Waals surface area contributed by atoms with Gasteiger partial charge in [-0.05, 0) is 24.1 Å². The van der Waals surface area contributed by atoms with Gasteiger partial charge in [0.05, 0.1) is 12.8 Å². The van der Waals surface area contributed by atoms with E-state index in [9.17, 15) is 13.2 Å². The maximum atomic E-state index is 13.3. The number of alkyl halides is 3. The Morgan fingerprint density at radius 2 is 1.80 bits per heavy atom. The smallest absolute Gasteiger partial charge is 0.433 e. The van der Waals surface area contributed by atoms with Gasteiger partial charge in [0, 0.05) is 12.0 Å². The molecule has 0 N–H and O–H groups in total. The van der Waals surface area contributed by atoms with Gasteiger partial charge in [0.15, 0.2) is 0 Å². The quantitative estimate of drug-likeness (QED) is 0.751. The van der Waals surface area contributed by atoms with Crippen molar-refractivity contribution in [3.63, 3.8) is 0 Å². The molecule has 0 atom stereocenters. The van der Waals surface area contributed by atoms with E-state index in [1.807, 2.05) is 0 Å². The van der Waals surface area contributed by atoms with E-state index in [4.69, 9.17) is 4.74 Å². The summed E-state index contributed by atoms with van der Waals surface area (Å²) in [5.41, 5.74) is -0.0948. The second-order valence-corrected chi connectivity index (χ2v) is 6.46. The summed E-state index contributed by atoms with van der Waals surface area (Å²) in [5.74, 6) is 1.13. The molecule has 1 aromatic heterocycles. The van der Waals surface area contributed by atoms with Gasteiger partial charge in [-0.25, -0.2) is 9.97 Å². The Labute approximate surface area is 145 Å². The van der Waals surface area contributed by atoms with E-state index in [0.29, 0.717) is 23.7 Å². The molecule has 1 fully saturated rings. The molecule has 0 amide bonds. The summed E-state index contributed by atoms with van der Waals surface area (Å²) in [6, 6.07) is 7.96. The molecule has 0 spiro atoms. The Morgan fingerprint density at radius 3 is 2.48 bits per heavy atom. The average Bonchev–Trinajstić information content (AvgIpc) is 2.61. The number of methoxy groups -OCH3 is 1. The molecule has 6 heteroatoms. The van der Waals surface area contributed by atoms with Crippen LogP contribution in [0.5, 0.6) is 5.75 Å². The van der Waals surface area contributed by atoms with E-state index in [2.05, 4.69) is 9.97 Å². The first-order chi connectivity index (χ1) is 12.0. The lowest BCUT2D eigenvalue weighted by molar-refractivity contribution is -0.141. The number of nitrogens with zero attached hydrogens (tertiary/aromatic N) is 2. The molecule has 1 saturated carbocycles. The van der Waals surface area contributed by atoms with E-state index in [1.165, 1.54) is 13.5 Å². The van der Waals surface area contributed by atoms with E-state index >= 15 is 0 Å². The van der Waals surface area contributed by atoms with Crippen LogP contribution in [0.4, 0.5) is 13.2 Å². The zero-order chi connectivity index (χ0) is 17.9. The lowest BCUT2D eigenvalue weighted by Crippen LogP contribution is -2.16. The number of ether oxygens (including phenoxy) is 1. The molecule has 2 aromatic rings. The first-order valence-electron chi connectivity index (χ1n) is 8.56. The molecule has 0 saturated heterocycles. The molecule has 3 rings (SSSR count). The highest BCUT2D eigenvalue weighted by atomic mass is 19.4. The van der Waals surface area contributed by atoms with Gasteiger partial charge in [0.1, 0.15) is 17.3 Å². The number of benzene rings is 1. The van der Waals surface area contributed by atoms with E-state index in [0.717, 1.165) is 31.7 Å². The molecule has 0 unspecified atom stereocenters. The van der Waals surface area contributed by atoms with Crippen LogP contribution in [0.3, 0.4) is 0 Å². The van der Waals surface area contributed by atoms with E-state index in [1.54, 1.807) is 24.3 Å². The largest absolute Gasteiger partial charge is 0.496 e. The number of halogens is 3. The molecule has 1 aliphatic carbocycles. The number of para-hydroxylation sites is 1. The van der Waals surface area contributed by atoms with Crippen LogP contribution in [-0.4, -0.2) is 17.1 Å². The van der Waals surface area contributed by atoms with Crippen molar-refractivity contribution in [2.24, 2.45) is 5.92 Å². The van der Waals surface area contributed by atoms with Crippen LogP contribution in [0, 0.1) is 5.92 Å². The standard InChI is InChI=1S/C19H21F3N2O/c1-25-16-10-6-5-9-14(16)15-12-17(19(20,21)22)24-18(23-15)11-13-7-3-2-4-8-13/h5-6,9-10,12-13H,2-4,7-8,11H2,1H3. The summed E-state index contributed by atoms with van der Waals surface area (Å²) in [4.78, 5) is 8.23. The Bertz CT molecular complexity index is 725. The fourth-order valence-corrected chi connectivity index (χ4v) is 3.38. The highest BCUT2D eigenvalue weighted by molar-refractivity contribution is 5.67. The highest BCUT2D eigenvalue weighted by Crippen LogP contribution is 2.34. The maximum Gasteiger partial charge on any atom is 0.433 e. The van der Waals surface area contributed by atoms with Gasteiger partial charge in [-0.2, -0.15) is 13.2 Å². The molecule has 25 heavy (non-hydrogen) atoms. The summed E-state index contributed by atoms with van der Waals surface area (Å²) in [6.07, 6.45) is 1.51. The van der Waals surface area contributed by atoms with Gasteiger partial charge in [-0.3, -0.25) is 0 Å². The van der Waals surface area contributed by atoms with Gasteiger partial charge < -0.3 is 4.74 Å². The van der Waals surface area contributed by atoms with E-state index < -0.39 is 11.9 Å². The van der Waals surface area contributed by atoms with Crippen LogP contribution in [0.25, 0.3) is 11.3 Å².